The smallest absolute Gasteiger partial charge is 0.407 e. The van der Waals surface area contributed by atoms with Crippen molar-refractivity contribution in [2.24, 2.45) is 5.92 Å². The molecule has 2 saturated heterocycles. The van der Waals surface area contributed by atoms with Gasteiger partial charge in [0.25, 0.3) is 0 Å². The van der Waals surface area contributed by atoms with Crippen molar-refractivity contribution in [1.82, 2.24) is 29.5 Å². The number of piperidine rings is 1. The van der Waals surface area contributed by atoms with Gasteiger partial charge < -0.3 is 14.7 Å². The number of amides is 1. The van der Waals surface area contributed by atoms with E-state index in [1.807, 2.05) is 21.8 Å². The molecule has 0 radical (unpaired) electrons. The summed E-state index contributed by atoms with van der Waals surface area (Å²) < 4.78 is 37.5. The van der Waals surface area contributed by atoms with Crippen molar-refractivity contribution in [2.45, 2.75) is 25.9 Å². The van der Waals surface area contributed by atoms with Crippen molar-refractivity contribution in [2.75, 3.05) is 39.4 Å². The Morgan fingerprint density at radius 1 is 1.02 bits per heavy atom. The van der Waals surface area contributed by atoms with Crippen LogP contribution in [0.25, 0.3) is 33.4 Å². The molecule has 2 aromatic carbocycles. The number of benzene rings is 2. The van der Waals surface area contributed by atoms with Gasteiger partial charge in [0.15, 0.2) is 0 Å². The van der Waals surface area contributed by atoms with E-state index in [1.54, 1.807) is 24.5 Å². The summed E-state index contributed by atoms with van der Waals surface area (Å²) in [7, 11) is 0. The van der Waals surface area contributed by atoms with Gasteiger partial charge in [-0.25, -0.2) is 18.6 Å². The number of halogens is 2. The molecule has 0 spiro atoms. The molecule has 4 heterocycles. The second-order valence-electron chi connectivity index (χ2n) is 10.4. The van der Waals surface area contributed by atoms with Crippen molar-refractivity contribution in [3.8, 4) is 22.4 Å². The van der Waals surface area contributed by atoms with Gasteiger partial charge in [0.2, 0.25) is 0 Å². The summed E-state index contributed by atoms with van der Waals surface area (Å²) in [5, 5.41) is 13.7. The lowest BCUT2D eigenvalue weighted by molar-refractivity contribution is 0.0332. The lowest BCUT2D eigenvalue weighted by Gasteiger charge is -2.29. The minimum atomic E-state index is -0.872. The van der Waals surface area contributed by atoms with Gasteiger partial charge in [-0.2, -0.15) is 5.10 Å². The van der Waals surface area contributed by atoms with E-state index in [9.17, 15) is 4.79 Å². The molecule has 1 N–H and O–H groups in total. The van der Waals surface area contributed by atoms with Crippen LogP contribution in [0.3, 0.4) is 0 Å². The number of likely N-dealkylation sites (tertiary alicyclic amines) is 1. The monoisotopic (exact) mass is 548 g/mol. The highest BCUT2D eigenvalue weighted by atomic mass is 19.1. The van der Waals surface area contributed by atoms with Gasteiger partial charge in [-0.3, -0.25) is 14.6 Å². The lowest BCUT2D eigenvalue weighted by Crippen LogP contribution is -2.38. The Hall–Kier alpha value is -3.96. The zero-order valence-corrected chi connectivity index (χ0v) is 22.0. The van der Waals surface area contributed by atoms with Gasteiger partial charge >= 0.3 is 6.09 Å². The molecule has 11 heteroatoms. The highest BCUT2D eigenvalue weighted by molar-refractivity contribution is 5.92. The molecule has 0 unspecified atom stereocenters. The fourth-order valence-electron chi connectivity index (χ4n) is 5.46. The van der Waals surface area contributed by atoms with E-state index in [4.69, 9.17) is 14.8 Å². The number of hydrogen-bond acceptors (Lipinski definition) is 6. The predicted octanol–water partition coefficient (Wildman–Crippen LogP) is 4.66. The summed E-state index contributed by atoms with van der Waals surface area (Å²) in [4.78, 5) is 24.0. The first-order valence-electron chi connectivity index (χ1n) is 13.5. The summed E-state index contributed by atoms with van der Waals surface area (Å²) in [6.45, 7) is 4.35. The summed E-state index contributed by atoms with van der Waals surface area (Å²) in [6.07, 6.45) is 6.01. The van der Waals surface area contributed by atoms with E-state index < -0.39 is 17.7 Å². The molecule has 2 aliphatic rings. The fourth-order valence-corrected chi connectivity index (χ4v) is 5.46. The van der Waals surface area contributed by atoms with Crippen molar-refractivity contribution in [3.63, 3.8) is 0 Å². The maximum absolute atomic E-state index is 15.2. The topological polar surface area (TPSA) is 96.6 Å². The molecule has 4 aromatic rings. The average molecular weight is 549 g/mol. The first-order chi connectivity index (χ1) is 19.4. The Morgan fingerprint density at radius 3 is 2.50 bits per heavy atom. The van der Waals surface area contributed by atoms with Crippen LogP contribution < -0.4 is 0 Å². The summed E-state index contributed by atoms with van der Waals surface area (Å²) in [6, 6.07) is 8.16. The number of hydrogen-bond donors (Lipinski definition) is 1. The van der Waals surface area contributed by atoms with Gasteiger partial charge in [0, 0.05) is 62.2 Å². The quantitative estimate of drug-likeness (QED) is 0.374. The van der Waals surface area contributed by atoms with Gasteiger partial charge in [0.05, 0.1) is 42.3 Å². The molecule has 1 amide bonds. The van der Waals surface area contributed by atoms with E-state index >= 15 is 8.78 Å². The summed E-state index contributed by atoms with van der Waals surface area (Å²) >= 11 is 0. The van der Waals surface area contributed by atoms with Crippen LogP contribution in [0.1, 0.15) is 18.4 Å². The normalized spacial score (nSPS) is 17.0. The minimum Gasteiger partial charge on any atom is -0.465 e. The molecule has 0 aliphatic carbocycles. The number of carbonyl (C=O) groups is 1. The second kappa shape index (κ2) is 11.3. The third-order valence-corrected chi connectivity index (χ3v) is 7.77. The largest absolute Gasteiger partial charge is 0.465 e. The molecular formula is C29H30F2N6O3. The van der Waals surface area contributed by atoms with Gasteiger partial charge in [-0.15, -0.1) is 0 Å². The molecule has 40 heavy (non-hydrogen) atoms. The number of morpholine rings is 1. The van der Waals surface area contributed by atoms with Gasteiger partial charge in [-0.05, 0) is 42.5 Å². The molecule has 0 bridgehead atoms. The van der Waals surface area contributed by atoms with E-state index in [1.165, 1.54) is 17.0 Å². The summed E-state index contributed by atoms with van der Waals surface area (Å²) in [5.74, 6) is -0.829. The molecule has 2 aliphatic heterocycles. The Labute approximate surface area is 230 Å². The highest BCUT2D eigenvalue weighted by Gasteiger charge is 2.23. The third-order valence-electron chi connectivity index (χ3n) is 7.77. The van der Waals surface area contributed by atoms with Crippen molar-refractivity contribution >= 4 is 17.1 Å². The first-order valence-corrected chi connectivity index (χ1v) is 13.5. The van der Waals surface area contributed by atoms with Crippen LogP contribution in [0.4, 0.5) is 13.6 Å². The second-order valence-corrected chi connectivity index (χ2v) is 10.4. The highest BCUT2D eigenvalue weighted by Crippen LogP contribution is 2.31. The number of aromatic nitrogens is 4. The van der Waals surface area contributed by atoms with Crippen LogP contribution in [0, 0.1) is 17.6 Å². The molecule has 0 atom stereocenters. The van der Waals surface area contributed by atoms with Crippen LogP contribution in [0.15, 0.2) is 48.9 Å². The zero-order chi connectivity index (χ0) is 27.6. The number of para-hydroxylation sites is 1. The van der Waals surface area contributed by atoms with E-state index in [0.29, 0.717) is 79.7 Å². The van der Waals surface area contributed by atoms with E-state index in [2.05, 4.69) is 10.1 Å². The first kappa shape index (κ1) is 26.3. The molecular weight excluding hydrogens is 518 g/mol. The van der Waals surface area contributed by atoms with Crippen LogP contribution in [-0.4, -0.2) is 80.1 Å². The maximum atomic E-state index is 15.2. The SMILES string of the molecule is O=C(O)N1CCC(Cn2cc(-c3cnc4cccc(-c5cc(F)c(CN6CCOCC6)c(F)c5)c4n3)cn2)CC1. The zero-order valence-electron chi connectivity index (χ0n) is 22.0. The average Bonchev–Trinajstić information content (AvgIpc) is 3.43. The Morgan fingerprint density at radius 2 is 1.77 bits per heavy atom. The molecule has 2 fully saturated rings. The van der Waals surface area contributed by atoms with Gasteiger partial charge in [0.1, 0.15) is 11.6 Å². The Balaban J connectivity index is 1.24. The predicted molar refractivity (Wildman–Crippen MR) is 145 cm³/mol. The standard InChI is InChI=1S/C29H30F2N6O3/c30-24-12-20(13-25(31)23(24)18-35-8-10-40-11-9-35)22-2-1-3-26-28(22)34-27(15-32-26)21-14-33-37(17-21)16-19-4-6-36(7-5-19)29(38)39/h1-3,12-15,17,19H,4-11,16,18H2,(H,38,39). The number of carboxylic acid groups (broad SMARTS) is 1. The van der Waals surface area contributed by atoms with Crippen LogP contribution >= 0.6 is 0 Å². The van der Waals surface area contributed by atoms with E-state index in [0.717, 1.165) is 18.4 Å². The third kappa shape index (κ3) is 5.52. The van der Waals surface area contributed by atoms with Crippen molar-refractivity contribution in [3.05, 3.63) is 66.1 Å². The summed E-state index contributed by atoms with van der Waals surface area (Å²) in [5.41, 5.74) is 3.62. The molecule has 208 valence electrons. The van der Waals surface area contributed by atoms with Crippen molar-refractivity contribution in [1.29, 1.82) is 0 Å². The van der Waals surface area contributed by atoms with Gasteiger partial charge in [-0.1, -0.05) is 12.1 Å². The van der Waals surface area contributed by atoms with Crippen LogP contribution in [0.2, 0.25) is 0 Å². The molecule has 9 nitrogen and oxygen atoms in total. The number of rotatable bonds is 6. The van der Waals surface area contributed by atoms with Crippen LogP contribution in [0.5, 0.6) is 0 Å². The van der Waals surface area contributed by atoms with Crippen LogP contribution in [-0.2, 0) is 17.8 Å². The molecule has 2 aromatic heterocycles. The van der Waals surface area contributed by atoms with Crippen molar-refractivity contribution < 1.29 is 23.4 Å². The lowest BCUT2D eigenvalue weighted by atomic mass is 9.97. The Kier molecular flexibility index (Phi) is 7.40. The maximum Gasteiger partial charge on any atom is 0.407 e. The minimum absolute atomic E-state index is 0.0544. The Bertz CT molecular complexity index is 1510. The number of nitrogens with zero attached hydrogens (tertiary/aromatic N) is 6. The number of fused-ring (bicyclic) bond motifs is 1. The molecule has 6 rings (SSSR count). The fraction of sp³-hybridized carbons (Fsp3) is 0.379. The van der Waals surface area contributed by atoms with E-state index in [-0.39, 0.29) is 12.1 Å². The number of ether oxygens (including phenoxy) is 1. The molecule has 0 saturated carbocycles.